The molecule has 2 aromatic carbocycles. The fraction of sp³-hybridized carbons (Fsp3) is 0.263. The number of halogens is 1. The van der Waals surface area contributed by atoms with E-state index in [1.54, 1.807) is 36.1 Å². The summed E-state index contributed by atoms with van der Waals surface area (Å²) in [5.41, 5.74) is 2.40. The molecule has 5 heteroatoms. The quantitative estimate of drug-likeness (QED) is 0.795. The van der Waals surface area contributed by atoms with Crippen LogP contribution in [0.2, 0.25) is 5.02 Å². The number of carbonyl (C=O) groups is 2. The van der Waals surface area contributed by atoms with Crippen molar-refractivity contribution in [3.63, 3.8) is 0 Å². The van der Waals surface area contributed by atoms with Crippen LogP contribution in [0.5, 0.6) is 0 Å². The molecule has 4 nitrogen and oxygen atoms in total. The van der Waals surface area contributed by atoms with Crippen LogP contribution >= 0.6 is 11.6 Å². The van der Waals surface area contributed by atoms with Gasteiger partial charge in [-0.2, -0.15) is 0 Å². The molecule has 1 amide bonds. The summed E-state index contributed by atoms with van der Waals surface area (Å²) in [5.74, 6) is -0.748. The van der Waals surface area contributed by atoms with Gasteiger partial charge in [0.05, 0.1) is 5.56 Å². The van der Waals surface area contributed by atoms with Crippen LogP contribution in [0.1, 0.15) is 29.8 Å². The summed E-state index contributed by atoms with van der Waals surface area (Å²) in [5, 5.41) is 0.540. The molecule has 1 aliphatic rings. The Morgan fingerprint density at radius 2 is 1.83 bits per heavy atom. The van der Waals surface area contributed by atoms with Crippen LogP contribution in [-0.2, 0) is 16.0 Å². The van der Waals surface area contributed by atoms with Crippen LogP contribution in [0.3, 0.4) is 0 Å². The summed E-state index contributed by atoms with van der Waals surface area (Å²) in [7, 11) is 0. The van der Waals surface area contributed by atoms with Crippen molar-refractivity contribution in [2.45, 2.75) is 32.4 Å². The average Bonchev–Trinajstić information content (AvgIpc) is 2.90. The summed E-state index contributed by atoms with van der Waals surface area (Å²) >= 11 is 5.81. The van der Waals surface area contributed by atoms with E-state index in [0.29, 0.717) is 10.6 Å². The number of nitrogens with zero attached hydrogens (tertiary/aromatic N) is 1. The Morgan fingerprint density at radius 1 is 1.17 bits per heavy atom. The summed E-state index contributed by atoms with van der Waals surface area (Å²) in [6.45, 7) is 3.59. The van der Waals surface area contributed by atoms with Crippen molar-refractivity contribution >= 4 is 29.2 Å². The molecule has 0 spiro atoms. The molecule has 24 heavy (non-hydrogen) atoms. The van der Waals surface area contributed by atoms with Gasteiger partial charge in [-0.3, -0.25) is 4.79 Å². The Labute approximate surface area is 146 Å². The molecule has 0 aliphatic carbocycles. The zero-order chi connectivity index (χ0) is 17.3. The van der Waals surface area contributed by atoms with E-state index in [0.717, 1.165) is 17.7 Å². The SMILES string of the molecule is C[C@H](OC(=O)c1ccc(Cl)cc1)C(=O)N1c2ccccc2C[C@H]1C. The normalized spacial score (nSPS) is 17.3. The van der Waals surface area contributed by atoms with Crippen molar-refractivity contribution < 1.29 is 14.3 Å². The summed E-state index contributed by atoms with van der Waals surface area (Å²) < 4.78 is 5.34. The largest absolute Gasteiger partial charge is 0.449 e. The molecule has 0 saturated carbocycles. The lowest BCUT2D eigenvalue weighted by Crippen LogP contribution is -2.43. The number of fused-ring (bicyclic) bond motifs is 1. The predicted molar refractivity (Wildman–Crippen MR) is 93.4 cm³/mol. The minimum Gasteiger partial charge on any atom is -0.449 e. The number of para-hydroxylation sites is 1. The average molecular weight is 344 g/mol. The Balaban J connectivity index is 1.73. The molecule has 0 bridgehead atoms. The highest BCUT2D eigenvalue weighted by molar-refractivity contribution is 6.30. The highest BCUT2D eigenvalue weighted by Crippen LogP contribution is 2.32. The van der Waals surface area contributed by atoms with Crippen LogP contribution in [0, 0.1) is 0 Å². The molecule has 124 valence electrons. The minimum absolute atomic E-state index is 0.0478. The predicted octanol–water partition coefficient (Wildman–Crippen LogP) is 3.86. The van der Waals surface area contributed by atoms with E-state index in [4.69, 9.17) is 16.3 Å². The number of ether oxygens (including phenoxy) is 1. The number of benzene rings is 2. The van der Waals surface area contributed by atoms with Gasteiger partial charge in [0, 0.05) is 16.8 Å². The second-order valence-electron chi connectivity index (χ2n) is 5.94. The standard InChI is InChI=1S/C19H18ClNO3/c1-12-11-15-5-3-4-6-17(15)21(12)18(22)13(2)24-19(23)14-7-9-16(20)10-8-14/h3-10,12-13H,11H2,1-2H3/t12-,13+/m1/s1. The molecular formula is C19H18ClNO3. The highest BCUT2D eigenvalue weighted by atomic mass is 35.5. The smallest absolute Gasteiger partial charge is 0.338 e. The maximum atomic E-state index is 12.8. The second-order valence-corrected chi connectivity index (χ2v) is 6.38. The number of esters is 1. The summed E-state index contributed by atoms with van der Waals surface area (Å²) in [4.78, 5) is 26.7. The molecule has 0 aromatic heterocycles. The van der Waals surface area contributed by atoms with Gasteiger partial charge >= 0.3 is 5.97 Å². The Kier molecular flexibility index (Phi) is 4.58. The maximum Gasteiger partial charge on any atom is 0.338 e. The zero-order valence-electron chi connectivity index (χ0n) is 13.5. The maximum absolute atomic E-state index is 12.8. The molecule has 0 unspecified atom stereocenters. The molecular weight excluding hydrogens is 326 g/mol. The van der Waals surface area contributed by atoms with Gasteiger partial charge in [0.2, 0.25) is 0 Å². The van der Waals surface area contributed by atoms with Crippen molar-refractivity contribution in [2.75, 3.05) is 4.90 Å². The van der Waals surface area contributed by atoms with Crippen LogP contribution in [0.25, 0.3) is 0 Å². The number of hydrogen-bond acceptors (Lipinski definition) is 3. The molecule has 2 atom stereocenters. The topological polar surface area (TPSA) is 46.6 Å². The first-order chi connectivity index (χ1) is 11.5. The third kappa shape index (κ3) is 3.15. The van der Waals surface area contributed by atoms with Gasteiger partial charge in [-0.25, -0.2) is 4.79 Å². The summed E-state index contributed by atoms with van der Waals surface area (Å²) in [6.07, 6.45) is -0.0541. The van der Waals surface area contributed by atoms with Gasteiger partial charge in [-0.15, -0.1) is 0 Å². The lowest BCUT2D eigenvalue weighted by molar-refractivity contribution is -0.126. The number of amides is 1. The van der Waals surface area contributed by atoms with Gasteiger partial charge in [-0.05, 0) is 56.2 Å². The van der Waals surface area contributed by atoms with Gasteiger partial charge in [-0.1, -0.05) is 29.8 Å². The van der Waals surface area contributed by atoms with Gasteiger partial charge < -0.3 is 9.64 Å². The summed E-state index contributed by atoms with van der Waals surface area (Å²) in [6, 6.07) is 14.2. The van der Waals surface area contributed by atoms with Gasteiger partial charge in [0.25, 0.3) is 5.91 Å². The van der Waals surface area contributed by atoms with E-state index in [2.05, 4.69) is 0 Å². The monoisotopic (exact) mass is 343 g/mol. The van der Waals surface area contributed by atoms with E-state index in [9.17, 15) is 9.59 Å². The molecule has 0 N–H and O–H groups in total. The first kappa shape index (κ1) is 16.5. The van der Waals surface area contributed by atoms with Crippen molar-refractivity contribution in [1.29, 1.82) is 0 Å². The third-order valence-corrected chi connectivity index (χ3v) is 4.41. The van der Waals surface area contributed by atoms with Crippen LogP contribution in [0.4, 0.5) is 5.69 Å². The van der Waals surface area contributed by atoms with Crippen LogP contribution < -0.4 is 4.90 Å². The van der Waals surface area contributed by atoms with Crippen molar-refractivity contribution in [3.8, 4) is 0 Å². The zero-order valence-corrected chi connectivity index (χ0v) is 14.3. The number of hydrogen-bond donors (Lipinski definition) is 0. The first-order valence-corrected chi connectivity index (χ1v) is 8.22. The van der Waals surface area contributed by atoms with Crippen LogP contribution in [-0.4, -0.2) is 24.0 Å². The fourth-order valence-corrected chi connectivity index (χ4v) is 3.09. The minimum atomic E-state index is -0.859. The fourth-order valence-electron chi connectivity index (χ4n) is 2.96. The van der Waals surface area contributed by atoms with Crippen molar-refractivity contribution in [1.82, 2.24) is 0 Å². The van der Waals surface area contributed by atoms with E-state index < -0.39 is 12.1 Å². The van der Waals surface area contributed by atoms with Gasteiger partial charge in [0.1, 0.15) is 0 Å². The lowest BCUT2D eigenvalue weighted by atomic mass is 10.1. The second kappa shape index (κ2) is 6.65. The van der Waals surface area contributed by atoms with E-state index in [1.807, 2.05) is 31.2 Å². The Bertz CT molecular complexity index is 772. The van der Waals surface area contributed by atoms with E-state index in [-0.39, 0.29) is 11.9 Å². The molecule has 1 aliphatic heterocycles. The Hall–Kier alpha value is -2.33. The van der Waals surface area contributed by atoms with E-state index in [1.165, 1.54) is 0 Å². The van der Waals surface area contributed by atoms with Crippen molar-refractivity contribution in [3.05, 3.63) is 64.7 Å². The lowest BCUT2D eigenvalue weighted by Gasteiger charge is -2.25. The third-order valence-electron chi connectivity index (χ3n) is 4.16. The number of carbonyl (C=O) groups excluding carboxylic acids is 2. The molecule has 3 rings (SSSR count). The first-order valence-electron chi connectivity index (χ1n) is 7.85. The molecule has 1 heterocycles. The molecule has 0 fully saturated rings. The van der Waals surface area contributed by atoms with Gasteiger partial charge in [0.15, 0.2) is 6.10 Å². The van der Waals surface area contributed by atoms with Crippen molar-refractivity contribution in [2.24, 2.45) is 0 Å². The van der Waals surface area contributed by atoms with Crippen LogP contribution in [0.15, 0.2) is 48.5 Å². The Morgan fingerprint density at radius 3 is 2.54 bits per heavy atom. The number of anilines is 1. The molecule has 0 saturated heterocycles. The number of rotatable bonds is 3. The molecule has 2 aromatic rings. The van der Waals surface area contributed by atoms with E-state index >= 15 is 0 Å². The highest BCUT2D eigenvalue weighted by Gasteiger charge is 2.34. The molecule has 0 radical (unpaired) electrons.